The number of hydrogen-bond donors (Lipinski definition) is 0. The van der Waals surface area contributed by atoms with Crippen molar-refractivity contribution in [3.63, 3.8) is 0 Å². The highest BCUT2D eigenvalue weighted by Crippen LogP contribution is 2.03. The lowest BCUT2D eigenvalue weighted by Gasteiger charge is -2.09. The first-order valence-electron chi connectivity index (χ1n) is 3.23. The topological polar surface area (TPSA) is 12.4 Å². The number of aliphatic imine (C=N–C) groups is 1. The number of hydrogen-bond acceptors (Lipinski definition) is 1. The van der Waals surface area contributed by atoms with Gasteiger partial charge in [-0.15, -0.1) is 0 Å². The standard InChI is InChI=1S/C8H15N/c1-5-6-7-9-8(2,3)4/h5-7H,1-4H3/b6-5+,9-7?. The van der Waals surface area contributed by atoms with Crippen LogP contribution in [0.25, 0.3) is 0 Å². The summed E-state index contributed by atoms with van der Waals surface area (Å²) in [5.41, 5.74) is 0.0690. The van der Waals surface area contributed by atoms with E-state index >= 15 is 0 Å². The lowest BCUT2D eigenvalue weighted by molar-refractivity contribution is 0.587. The fourth-order valence-electron chi connectivity index (χ4n) is 0.353. The van der Waals surface area contributed by atoms with E-state index in [0.717, 1.165) is 0 Å². The largest absolute Gasteiger partial charge is 0.287 e. The van der Waals surface area contributed by atoms with Gasteiger partial charge in [0.05, 0.1) is 5.54 Å². The fraction of sp³-hybridized carbons (Fsp3) is 0.625. The van der Waals surface area contributed by atoms with Gasteiger partial charge in [0.2, 0.25) is 0 Å². The Kier molecular flexibility index (Phi) is 3.21. The molecule has 0 aliphatic heterocycles. The van der Waals surface area contributed by atoms with E-state index in [2.05, 4.69) is 25.8 Å². The molecule has 1 nitrogen and oxygen atoms in total. The van der Waals surface area contributed by atoms with E-state index in [9.17, 15) is 0 Å². The predicted octanol–water partition coefficient (Wildman–Crippen LogP) is 2.43. The minimum atomic E-state index is 0.0690. The predicted molar refractivity (Wildman–Crippen MR) is 43.1 cm³/mol. The molecule has 0 saturated carbocycles. The van der Waals surface area contributed by atoms with Crippen molar-refractivity contribution in [1.29, 1.82) is 0 Å². The molecule has 0 aromatic rings. The van der Waals surface area contributed by atoms with Crippen LogP contribution in [0.1, 0.15) is 27.7 Å². The van der Waals surface area contributed by atoms with E-state index in [1.807, 2.05) is 25.3 Å². The van der Waals surface area contributed by atoms with Crippen LogP contribution in [0.15, 0.2) is 17.1 Å². The zero-order chi connectivity index (χ0) is 7.33. The Morgan fingerprint density at radius 2 is 1.78 bits per heavy atom. The second-order valence-electron chi connectivity index (χ2n) is 2.97. The molecule has 0 amide bonds. The van der Waals surface area contributed by atoms with E-state index in [4.69, 9.17) is 0 Å². The lowest BCUT2D eigenvalue weighted by atomic mass is 10.1. The Labute approximate surface area is 57.5 Å². The van der Waals surface area contributed by atoms with Gasteiger partial charge in [0, 0.05) is 6.21 Å². The molecule has 0 radical (unpaired) electrons. The van der Waals surface area contributed by atoms with Crippen molar-refractivity contribution in [2.24, 2.45) is 4.99 Å². The third-order valence-electron chi connectivity index (χ3n) is 0.740. The lowest BCUT2D eigenvalue weighted by Crippen LogP contribution is -2.08. The van der Waals surface area contributed by atoms with E-state index in [1.54, 1.807) is 0 Å². The van der Waals surface area contributed by atoms with Crippen LogP contribution >= 0.6 is 0 Å². The summed E-state index contributed by atoms with van der Waals surface area (Å²) in [5.74, 6) is 0. The minimum Gasteiger partial charge on any atom is -0.287 e. The van der Waals surface area contributed by atoms with Crippen LogP contribution in [0.2, 0.25) is 0 Å². The highest BCUT2D eigenvalue weighted by Gasteiger charge is 2.02. The van der Waals surface area contributed by atoms with Crippen LogP contribution < -0.4 is 0 Å². The second-order valence-corrected chi connectivity index (χ2v) is 2.97. The monoisotopic (exact) mass is 125 g/mol. The van der Waals surface area contributed by atoms with Crippen LogP contribution in [0.5, 0.6) is 0 Å². The number of allylic oxidation sites excluding steroid dienone is 2. The smallest absolute Gasteiger partial charge is 0.0524 e. The highest BCUT2D eigenvalue weighted by atomic mass is 14.8. The summed E-state index contributed by atoms with van der Waals surface area (Å²) in [6.45, 7) is 8.21. The van der Waals surface area contributed by atoms with Crippen LogP contribution in [-0.4, -0.2) is 11.8 Å². The molecule has 0 aliphatic rings. The normalized spacial score (nSPS) is 13.8. The first-order valence-corrected chi connectivity index (χ1v) is 3.23. The van der Waals surface area contributed by atoms with Gasteiger partial charge in [0.25, 0.3) is 0 Å². The van der Waals surface area contributed by atoms with Gasteiger partial charge in [-0.3, -0.25) is 4.99 Å². The molecule has 0 atom stereocenters. The Morgan fingerprint density at radius 1 is 1.22 bits per heavy atom. The third kappa shape index (κ3) is 7.41. The summed E-state index contributed by atoms with van der Waals surface area (Å²) >= 11 is 0. The molecule has 0 N–H and O–H groups in total. The molecule has 0 saturated heterocycles. The fourth-order valence-corrected chi connectivity index (χ4v) is 0.353. The molecule has 9 heavy (non-hydrogen) atoms. The molecule has 0 heterocycles. The molecule has 0 fully saturated rings. The molecule has 0 aliphatic carbocycles. The quantitative estimate of drug-likeness (QED) is 0.477. The van der Waals surface area contributed by atoms with Gasteiger partial charge in [-0.1, -0.05) is 6.08 Å². The molecule has 0 unspecified atom stereocenters. The Bertz CT molecular complexity index is 115. The van der Waals surface area contributed by atoms with Crippen molar-refractivity contribution in [2.75, 3.05) is 0 Å². The van der Waals surface area contributed by atoms with Gasteiger partial charge in [-0.25, -0.2) is 0 Å². The van der Waals surface area contributed by atoms with Gasteiger partial charge in [0.1, 0.15) is 0 Å². The van der Waals surface area contributed by atoms with Gasteiger partial charge in [0.15, 0.2) is 0 Å². The molecule has 1 heteroatoms. The third-order valence-corrected chi connectivity index (χ3v) is 0.740. The Hall–Kier alpha value is -0.590. The molecule has 0 rings (SSSR count). The molecular weight excluding hydrogens is 110 g/mol. The average molecular weight is 125 g/mol. The van der Waals surface area contributed by atoms with Crippen molar-refractivity contribution in [2.45, 2.75) is 33.2 Å². The van der Waals surface area contributed by atoms with E-state index in [-0.39, 0.29) is 5.54 Å². The Balaban J connectivity index is 3.71. The maximum Gasteiger partial charge on any atom is 0.0524 e. The van der Waals surface area contributed by atoms with Gasteiger partial charge in [-0.05, 0) is 33.8 Å². The van der Waals surface area contributed by atoms with Crippen LogP contribution in [0.3, 0.4) is 0 Å². The first kappa shape index (κ1) is 8.41. The number of rotatable bonds is 1. The minimum absolute atomic E-state index is 0.0690. The summed E-state index contributed by atoms with van der Waals surface area (Å²) in [7, 11) is 0. The van der Waals surface area contributed by atoms with E-state index < -0.39 is 0 Å². The maximum atomic E-state index is 4.23. The molecule has 0 aromatic heterocycles. The first-order chi connectivity index (χ1) is 4.06. The van der Waals surface area contributed by atoms with Crippen molar-refractivity contribution in [1.82, 2.24) is 0 Å². The summed E-state index contributed by atoms with van der Waals surface area (Å²) in [6, 6.07) is 0. The van der Waals surface area contributed by atoms with E-state index in [0.29, 0.717) is 0 Å². The number of nitrogens with zero attached hydrogens (tertiary/aromatic N) is 1. The Morgan fingerprint density at radius 3 is 2.11 bits per heavy atom. The van der Waals surface area contributed by atoms with E-state index in [1.165, 1.54) is 0 Å². The second kappa shape index (κ2) is 3.44. The zero-order valence-electron chi connectivity index (χ0n) is 6.68. The van der Waals surface area contributed by atoms with Gasteiger partial charge in [-0.2, -0.15) is 0 Å². The summed E-state index contributed by atoms with van der Waals surface area (Å²) in [6.07, 6.45) is 5.74. The van der Waals surface area contributed by atoms with Crippen LogP contribution in [0, 0.1) is 0 Å². The SMILES string of the molecule is C/C=C/C=NC(C)(C)C. The molecular formula is C8H15N. The summed E-state index contributed by atoms with van der Waals surface area (Å²) in [5, 5.41) is 0. The van der Waals surface area contributed by atoms with Crippen molar-refractivity contribution < 1.29 is 0 Å². The summed E-state index contributed by atoms with van der Waals surface area (Å²) < 4.78 is 0. The van der Waals surface area contributed by atoms with Crippen LogP contribution in [0.4, 0.5) is 0 Å². The van der Waals surface area contributed by atoms with Gasteiger partial charge < -0.3 is 0 Å². The molecule has 0 spiro atoms. The average Bonchev–Trinajstić information content (AvgIpc) is 1.63. The van der Waals surface area contributed by atoms with Crippen molar-refractivity contribution in [3.05, 3.63) is 12.2 Å². The van der Waals surface area contributed by atoms with Crippen molar-refractivity contribution in [3.8, 4) is 0 Å². The highest BCUT2D eigenvalue weighted by molar-refractivity contribution is 5.71. The van der Waals surface area contributed by atoms with Crippen molar-refractivity contribution >= 4 is 6.21 Å². The maximum absolute atomic E-state index is 4.23. The zero-order valence-corrected chi connectivity index (χ0v) is 6.68. The van der Waals surface area contributed by atoms with Gasteiger partial charge >= 0.3 is 0 Å². The molecule has 0 aromatic carbocycles. The summed E-state index contributed by atoms with van der Waals surface area (Å²) in [4.78, 5) is 4.23. The van der Waals surface area contributed by atoms with Crippen LogP contribution in [-0.2, 0) is 0 Å². The molecule has 0 bridgehead atoms. The molecule has 52 valence electrons.